The van der Waals surface area contributed by atoms with Crippen molar-refractivity contribution in [2.75, 3.05) is 26.7 Å². The highest BCUT2D eigenvalue weighted by Gasteiger charge is 2.31. The summed E-state index contributed by atoms with van der Waals surface area (Å²) in [5, 5.41) is 8.99. The van der Waals surface area contributed by atoms with Crippen molar-refractivity contribution in [2.45, 2.75) is 6.04 Å². The highest BCUT2D eigenvalue weighted by molar-refractivity contribution is 5.93. The quantitative estimate of drug-likeness (QED) is 0.821. The van der Waals surface area contributed by atoms with E-state index in [0.717, 1.165) is 12.4 Å². The lowest BCUT2D eigenvalue weighted by molar-refractivity contribution is 0.0520. The van der Waals surface area contributed by atoms with E-state index in [9.17, 15) is 4.79 Å². The monoisotopic (exact) mass is 312 g/mol. The van der Waals surface area contributed by atoms with E-state index in [1.54, 1.807) is 30.1 Å². The number of piperazine rings is 1. The van der Waals surface area contributed by atoms with Crippen LogP contribution in [0.5, 0.6) is 0 Å². The Balaban J connectivity index is 1.83. The SMILES string of the molecule is CN1CCN(C(=O)c2cc(C#N)cn2C)C[C@@H]1c1nccn1C. The molecule has 1 aliphatic rings. The summed E-state index contributed by atoms with van der Waals surface area (Å²) in [5.41, 5.74) is 1.05. The van der Waals surface area contributed by atoms with Crippen LogP contribution in [0, 0.1) is 11.3 Å². The maximum Gasteiger partial charge on any atom is 0.270 e. The van der Waals surface area contributed by atoms with Gasteiger partial charge in [-0.1, -0.05) is 0 Å². The smallest absolute Gasteiger partial charge is 0.270 e. The molecule has 3 rings (SSSR count). The number of hydrogen-bond acceptors (Lipinski definition) is 4. The molecule has 120 valence electrons. The van der Waals surface area contributed by atoms with E-state index in [0.29, 0.717) is 24.3 Å². The Hall–Kier alpha value is -2.59. The zero-order chi connectivity index (χ0) is 16.6. The molecule has 2 aromatic rings. The molecule has 2 aromatic heterocycles. The molecule has 7 nitrogen and oxygen atoms in total. The minimum Gasteiger partial charge on any atom is -0.345 e. The third kappa shape index (κ3) is 2.73. The molecule has 1 atom stereocenters. The topological polar surface area (TPSA) is 70.1 Å². The predicted octanol–water partition coefficient (Wildman–Crippen LogP) is 0.759. The van der Waals surface area contributed by atoms with Crippen LogP contribution in [0.15, 0.2) is 24.7 Å². The summed E-state index contributed by atoms with van der Waals surface area (Å²) in [6.07, 6.45) is 5.38. The lowest BCUT2D eigenvalue weighted by Crippen LogP contribution is -2.49. The molecule has 1 fully saturated rings. The number of imidazole rings is 1. The number of hydrogen-bond donors (Lipinski definition) is 0. The second-order valence-corrected chi connectivity index (χ2v) is 5.98. The molecule has 0 unspecified atom stereocenters. The van der Waals surface area contributed by atoms with E-state index in [-0.39, 0.29) is 11.9 Å². The van der Waals surface area contributed by atoms with Crippen molar-refractivity contribution in [2.24, 2.45) is 14.1 Å². The Labute approximate surface area is 135 Å². The van der Waals surface area contributed by atoms with Gasteiger partial charge in [-0.25, -0.2) is 4.98 Å². The maximum absolute atomic E-state index is 12.8. The first-order valence-corrected chi connectivity index (χ1v) is 7.54. The molecule has 0 aromatic carbocycles. The van der Waals surface area contributed by atoms with Gasteiger partial charge in [-0.3, -0.25) is 9.69 Å². The van der Waals surface area contributed by atoms with Gasteiger partial charge in [0.15, 0.2) is 0 Å². The summed E-state index contributed by atoms with van der Waals surface area (Å²) in [4.78, 5) is 21.3. The Morgan fingerprint density at radius 3 is 2.70 bits per heavy atom. The molecule has 0 aliphatic carbocycles. The largest absolute Gasteiger partial charge is 0.345 e. The first kappa shape index (κ1) is 15.3. The molecule has 0 radical (unpaired) electrons. The van der Waals surface area contributed by atoms with Crippen LogP contribution in [0.3, 0.4) is 0 Å². The van der Waals surface area contributed by atoms with Crippen molar-refractivity contribution in [1.29, 1.82) is 5.26 Å². The number of aryl methyl sites for hydroxylation is 2. The standard InChI is InChI=1S/C16H20N6O/c1-19-6-7-22(11-14(19)15-18-4-5-20(15)2)16(23)13-8-12(9-17)10-21(13)3/h4-5,8,10,14H,6-7,11H2,1-3H3/t14-/m1/s1. The van der Waals surface area contributed by atoms with Gasteiger partial charge in [0, 0.05) is 52.3 Å². The molecule has 0 bridgehead atoms. The van der Waals surface area contributed by atoms with Crippen LogP contribution in [0.25, 0.3) is 0 Å². The van der Waals surface area contributed by atoms with Crippen molar-refractivity contribution in [3.05, 3.63) is 41.7 Å². The van der Waals surface area contributed by atoms with Crippen molar-refractivity contribution in [1.82, 2.24) is 23.9 Å². The van der Waals surface area contributed by atoms with Crippen LogP contribution in [0.1, 0.15) is 27.9 Å². The number of rotatable bonds is 2. The van der Waals surface area contributed by atoms with E-state index in [1.165, 1.54) is 0 Å². The van der Waals surface area contributed by atoms with Gasteiger partial charge in [-0.15, -0.1) is 0 Å². The molecule has 3 heterocycles. The molecule has 23 heavy (non-hydrogen) atoms. The molecule has 1 aliphatic heterocycles. The van der Waals surface area contributed by atoms with Crippen molar-refractivity contribution < 1.29 is 4.79 Å². The average molecular weight is 312 g/mol. The van der Waals surface area contributed by atoms with Crippen LogP contribution < -0.4 is 0 Å². The number of aromatic nitrogens is 3. The van der Waals surface area contributed by atoms with Crippen LogP contribution >= 0.6 is 0 Å². The molecule has 0 saturated carbocycles. The van der Waals surface area contributed by atoms with Crippen LogP contribution in [-0.2, 0) is 14.1 Å². The number of amides is 1. The van der Waals surface area contributed by atoms with Crippen LogP contribution in [-0.4, -0.2) is 56.5 Å². The number of nitriles is 1. The van der Waals surface area contributed by atoms with E-state index < -0.39 is 0 Å². The minimum atomic E-state index is -0.0405. The van der Waals surface area contributed by atoms with E-state index in [2.05, 4.69) is 23.0 Å². The minimum absolute atomic E-state index is 0.0405. The fourth-order valence-corrected chi connectivity index (χ4v) is 3.04. The van der Waals surface area contributed by atoms with Gasteiger partial charge < -0.3 is 14.0 Å². The number of carbonyl (C=O) groups is 1. The van der Waals surface area contributed by atoms with E-state index in [4.69, 9.17) is 5.26 Å². The van der Waals surface area contributed by atoms with E-state index >= 15 is 0 Å². The molecule has 1 saturated heterocycles. The van der Waals surface area contributed by atoms with Gasteiger partial charge in [0.1, 0.15) is 17.6 Å². The zero-order valence-corrected chi connectivity index (χ0v) is 13.6. The lowest BCUT2D eigenvalue weighted by atomic mass is 10.1. The lowest BCUT2D eigenvalue weighted by Gasteiger charge is -2.39. The predicted molar refractivity (Wildman–Crippen MR) is 84.6 cm³/mol. The number of likely N-dealkylation sites (N-methyl/N-ethyl adjacent to an activating group) is 1. The molecule has 7 heteroatoms. The number of carbonyl (C=O) groups excluding carboxylic acids is 1. The third-order valence-corrected chi connectivity index (χ3v) is 4.44. The molecular formula is C16H20N6O. The Bertz CT molecular complexity index is 768. The third-order valence-electron chi connectivity index (χ3n) is 4.44. The Morgan fingerprint density at radius 2 is 2.09 bits per heavy atom. The summed E-state index contributed by atoms with van der Waals surface area (Å²) in [7, 11) is 5.81. The summed E-state index contributed by atoms with van der Waals surface area (Å²) in [6, 6.07) is 3.80. The van der Waals surface area contributed by atoms with Gasteiger partial charge in [0.05, 0.1) is 11.6 Å². The highest BCUT2D eigenvalue weighted by Crippen LogP contribution is 2.23. The zero-order valence-electron chi connectivity index (χ0n) is 13.6. The highest BCUT2D eigenvalue weighted by atomic mass is 16.2. The van der Waals surface area contributed by atoms with Crippen molar-refractivity contribution in [3.8, 4) is 6.07 Å². The summed E-state index contributed by atoms with van der Waals surface area (Å²) in [5.74, 6) is 0.913. The van der Waals surface area contributed by atoms with Crippen LogP contribution in [0.4, 0.5) is 0 Å². The second kappa shape index (κ2) is 5.89. The summed E-state index contributed by atoms with van der Waals surface area (Å²) < 4.78 is 3.71. The van der Waals surface area contributed by atoms with Gasteiger partial charge in [-0.05, 0) is 13.1 Å². The first-order chi connectivity index (χ1) is 11.0. The van der Waals surface area contributed by atoms with Crippen LogP contribution in [0.2, 0.25) is 0 Å². The van der Waals surface area contributed by atoms with Gasteiger partial charge in [0.2, 0.25) is 0 Å². The van der Waals surface area contributed by atoms with Crippen molar-refractivity contribution >= 4 is 5.91 Å². The average Bonchev–Trinajstić information content (AvgIpc) is 3.13. The van der Waals surface area contributed by atoms with Gasteiger partial charge in [-0.2, -0.15) is 5.26 Å². The molecule has 0 N–H and O–H groups in total. The fourth-order valence-electron chi connectivity index (χ4n) is 3.04. The Kier molecular flexibility index (Phi) is 3.92. The molecular weight excluding hydrogens is 292 g/mol. The maximum atomic E-state index is 12.8. The first-order valence-electron chi connectivity index (χ1n) is 7.54. The Morgan fingerprint density at radius 1 is 1.30 bits per heavy atom. The second-order valence-electron chi connectivity index (χ2n) is 5.98. The normalized spacial score (nSPS) is 18.9. The van der Waals surface area contributed by atoms with Crippen molar-refractivity contribution in [3.63, 3.8) is 0 Å². The van der Waals surface area contributed by atoms with E-state index in [1.807, 2.05) is 22.7 Å². The van der Waals surface area contributed by atoms with Gasteiger partial charge in [0.25, 0.3) is 5.91 Å². The van der Waals surface area contributed by atoms with Gasteiger partial charge >= 0.3 is 0 Å². The fraction of sp³-hybridized carbons (Fsp3) is 0.438. The summed E-state index contributed by atoms with van der Waals surface area (Å²) >= 11 is 0. The summed E-state index contributed by atoms with van der Waals surface area (Å²) in [6.45, 7) is 2.05. The number of nitrogens with zero attached hydrogens (tertiary/aromatic N) is 6. The molecule has 1 amide bonds. The molecule has 0 spiro atoms.